The second kappa shape index (κ2) is 37.8. The van der Waals surface area contributed by atoms with E-state index >= 15 is 0 Å². The van der Waals surface area contributed by atoms with Crippen LogP contribution in [0.3, 0.4) is 0 Å². The van der Waals surface area contributed by atoms with E-state index in [0.29, 0.717) is 6.42 Å². The van der Waals surface area contributed by atoms with Crippen LogP contribution in [0.1, 0.15) is 231 Å². The van der Waals surface area contributed by atoms with Crippen LogP contribution in [-0.2, 0) is 4.79 Å². The quantitative estimate of drug-likeness (QED) is 0.0570. The number of hydrogen-bond acceptors (Lipinski definition) is 1. The zero-order chi connectivity index (χ0) is 29.7. The number of carbonyl (C=O) groups is 1. The van der Waals surface area contributed by atoms with Gasteiger partial charge < -0.3 is 5.11 Å². The van der Waals surface area contributed by atoms with E-state index in [4.69, 9.17) is 16.7 Å². The molecule has 1 N–H and O–H groups in total. The topological polar surface area (TPSA) is 37.3 Å². The van der Waals surface area contributed by atoms with Gasteiger partial charge in [0.25, 0.3) is 0 Å². The average molecular weight is 599 g/mol. The third kappa shape index (κ3) is 39.8. The van der Waals surface area contributed by atoms with Gasteiger partial charge >= 0.3 is 5.97 Å². The Morgan fingerprint density at radius 3 is 0.585 bits per heavy atom. The minimum Gasteiger partial charge on any atom is -0.481 e. The van der Waals surface area contributed by atoms with Gasteiger partial charge in [0.05, 0.1) is 0 Å². The molecule has 0 radical (unpaired) electrons. The second-order valence-corrected chi connectivity index (χ2v) is 13.6. The molecule has 2 nitrogen and oxygen atoms in total. The Labute approximate surface area is 264 Å². The van der Waals surface area contributed by atoms with Gasteiger partial charge in [0, 0.05) is 12.3 Å². The van der Waals surface area contributed by atoms with Crippen LogP contribution in [0.15, 0.2) is 0 Å². The summed E-state index contributed by atoms with van der Waals surface area (Å²) < 4.78 is 0. The maximum Gasteiger partial charge on any atom is 0.303 e. The molecule has 0 saturated heterocycles. The predicted molar refractivity (Wildman–Crippen MR) is 185 cm³/mol. The third-order valence-electron chi connectivity index (χ3n) is 9.02. The average Bonchev–Trinajstić information content (AvgIpc) is 2.97. The molecule has 246 valence electrons. The van der Waals surface area contributed by atoms with Crippen molar-refractivity contribution in [2.24, 2.45) is 0 Å². The molecule has 0 spiro atoms. The number of halogens is 1. The highest BCUT2D eigenvalue weighted by molar-refractivity contribution is 6.17. The zero-order valence-electron chi connectivity index (χ0n) is 27.9. The first-order chi connectivity index (χ1) is 20.3. The number of alkyl halides is 1. The van der Waals surface area contributed by atoms with Crippen molar-refractivity contribution >= 4 is 17.6 Å². The molecular weight excluding hydrogens is 524 g/mol. The van der Waals surface area contributed by atoms with E-state index < -0.39 is 5.97 Å². The summed E-state index contributed by atoms with van der Waals surface area (Å²) in [5.41, 5.74) is 0. The van der Waals surface area contributed by atoms with Crippen LogP contribution in [-0.4, -0.2) is 17.0 Å². The smallest absolute Gasteiger partial charge is 0.303 e. The van der Waals surface area contributed by atoms with Crippen LogP contribution in [0.25, 0.3) is 0 Å². The molecule has 0 unspecified atom stereocenters. The van der Waals surface area contributed by atoms with E-state index in [1.165, 1.54) is 212 Å². The van der Waals surface area contributed by atoms with Gasteiger partial charge in [0.1, 0.15) is 0 Å². The summed E-state index contributed by atoms with van der Waals surface area (Å²) in [5, 5.41) is 8.64. The van der Waals surface area contributed by atoms with Gasteiger partial charge in [-0.2, -0.15) is 0 Å². The minimum atomic E-state index is -0.648. The highest BCUT2D eigenvalue weighted by atomic mass is 35.5. The van der Waals surface area contributed by atoms with Crippen molar-refractivity contribution in [3.63, 3.8) is 0 Å². The fourth-order valence-electron chi connectivity index (χ4n) is 6.20. The van der Waals surface area contributed by atoms with Crippen LogP contribution < -0.4 is 0 Å². The minimum absolute atomic E-state index is 0.345. The second-order valence-electron chi connectivity index (χ2n) is 13.2. The molecular formula is C38H75ClO2. The van der Waals surface area contributed by atoms with Crippen molar-refractivity contribution in [3.05, 3.63) is 0 Å². The lowest BCUT2D eigenvalue weighted by Gasteiger charge is -2.05. The molecule has 0 aliphatic rings. The van der Waals surface area contributed by atoms with Crippen molar-refractivity contribution in [1.29, 1.82) is 0 Å². The van der Waals surface area contributed by atoms with Gasteiger partial charge in [0.15, 0.2) is 0 Å². The van der Waals surface area contributed by atoms with Gasteiger partial charge in [0.2, 0.25) is 0 Å². The lowest BCUT2D eigenvalue weighted by Crippen LogP contribution is -1.93. The van der Waals surface area contributed by atoms with Crippen LogP contribution in [0.4, 0.5) is 0 Å². The van der Waals surface area contributed by atoms with E-state index in [2.05, 4.69) is 0 Å². The molecule has 0 atom stereocenters. The van der Waals surface area contributed by atoms with E-state index in [9.17, 15) is 4.79 Å². The van der Waals surface area contributed by atoms with Crippen molar-refractivity contribution in [2.45, 2.75) is 231 Å². The van der Waals surface area contributed by atoms with Gasteiger partial charge in [-0.05, 0) is 12.8 Å². The number of rotatable bonds is 37. The van der Waals surface area contributed by atoms with Crippen molar-refractivity contribution in [2.75, 3.05) is 5.88 Å². The summed E-state index contributed by atoms with van der Waals surface area (Å²) in [6.45, 7) is 0. The SMILES string of the molecule is O=C(O)CCCCCCCCCCCCCCCCCCCCCCCCCCCCCCCCCCCCCCl. The van der Waals surface area contributed by atoms with E-state index in [0.717, 1.165) is 18.7 Å². The molecule has 0 aliphatic carbocycles. The largest absolute Gasteiger partial charge is 0.481 e. The fourth-order valence-corrected chi connectivity index (χ4v) is 6.39. The van der Waals surface area contributed by atoms with Gasteiger partial charge in [-0.25, -0.2) is 0 Å². The fraction of sp³-hybridized carbons (Fsp3) is 0.974. The maximum atomic E-state index is 10.5. The molecule has 0 rings (SSSR count). The standard InChI is InChI=1S/C38H75ClO2/c39-37-35-33-31-29-27-25-23-21-19-17-15-13-11-9-7-5-3-1-2-4-6-8-10-12-14-16-18-20-22-24-26-28-30-32-34-36-38(40)41/h1-37H2,(H,40,41). The van der Waals surface area contributed by atoms with E-state index in [-0.39, 0.29) is 0 Å². The highest BCUT2D eigenvalue weighted by Crippen LogP contribution is 2.17. The lowest BCUT2D eigenvalue weighted by molar-refractivity contribution is -0.137. The molecule has 0 aromatic carbocycles. The van der Waals surface area contributed by atoms with E-state index in [1.807, 2.05) is 0 Å². The predicted octanol–water partition coefficient (Wildman–Crippen LogP) is 14.4. The molecule has 0 aliphatic heterocycles. The Kier molecular flexibility index (Phi) is 37.6. The summed E-state index contributed by atoms with van der Waals surface area (Å²) in [6, 6.07) is 0. The summed E-state index contributed by atoms with van der Waals surface area (Å²) in [6.07, 6.45) is 49.2. The van der Waals surface area contributed by atoms with Crippen LogP contribution >= 0.6 is 11.6 Å². The third-order valence-corrected chi connectivity index (χ3v) is 9.29. The molecule has 0 aromatic heterocycles. The Balaban J connectivity index is 3.03. The summed E-state index contributed by atoms with van der Waals surface area (Å²) in [7, 11) is 0. The molecule has 41 heavy (non-hydrogen) atoms. The van der Waals surface area contributed by atoms with Crippen molar-refractivity contribution in [3.8, 4) is 0 Å². The van der Waals surface area contributed by atoms with Gasteiger partial charge in [-0.15, -0.1) is 11.6 Å². The first-order valence-corrected chi connectivity index (χ1v) is 19.6. The first kappa shape index (κ1) is 40.8. The Morgan fingerprint density at radius 1 is 0.293 bits per heavy atom. The lowest BCUT2D eigenvalue weighted by atomic mass is 10.0. The van der Waals surface area contributed by atoms with Gasteiger partial charge in [-0.1, -0.05) is 212 Å². The number of carboxylic acid groups (broad SMARTS) is 1. The zero-order valence-corrected chi connectivity index (χ0v) is 28.7. The van der Waals surface area contributed by atoms with Gasteiger partial charge in [-0.3, -0.25) is 4.79 Å². The molecule has 0 fully saturated rings. The highest BCUT2D eigenvalue weighted by Gasteiger charge is 1.98. The van der Waals surface area contributed by atoms with Crippen LogP contribution in [0.2, 0.25) is 0 Å². The van der Waals surface area contributed by atoms with Crippen LogP contribution in [0, 0.1) is 0 Å². The summed E-state index contributed by atoms with van der Waals surface area (Å²) in [5.74, 6) is 0.192. The molecule has 3 heteroatoms. The van der Waals surface area contributed by atoms with Crippen molar-refractivity contribution in [1.82, 2.24) is 0 Å². The Bertz CT molecular complexity index is 481. The van der Waals surface area contributed by atoms with Crippen LogP contribution in [0.5, 0.6) is 0 Å². The normalized spacial score (nSPS) is 11.4. The summed E-state index contributed by atoms with van der Waals surface area (Å²) in [4.78, 5) is 10.5. The number of hydrogen-bond donors (Lipinski definition) is 1. The Hall–Kier alpha value is -0.240. The molecule has 0 heterocycles. The molecule has 0 bridgehead atoms. The molecule has 0 aromatic rings. The van der Waals surface area contributed by atoms with Crippen molar-refractivity contribution < 1.29 is 9.90 Å². The maximum absolute atomic E-state index is 10.5. The van der Waals surface area contributed by atoms with E-state index in [1.54, 1.807) is 0 Å². The number of carboxylic acids is 1. The number of aliphatic carboxylic acids is 1. The molecule has 0 amide bonds. The number of unbranched alkanes of at least 4 members (excludes halogenated alkanes) is 34. The monoisotopic (exact) mass is 599 g/mol. The summed E-state index contributed by atoms with van der Waals surface area (Å²) >= 11 is 5.73. The molecule has 0 saturated carbocycles. The first-order valence-electron chi connectivity index (χ1n) is 19.0. The Morgan fingerprint density at radius 2 is 0.439 bits per heavy atom.